The van der Waals surface area contributed by atoms with Crippen LogP contribution >= 0.6 is 11.3 Å². The van der Waals surface area contributed by atoms with Crippen LogP contribution in [0.1, 0.15) is 0 Å². The summed E-state index contributed by atoms with van der Waals surface area (Å²) in [6.07, 6.45) is 1.64. The van der Waals surface area contributed by atoms with Crippen molar-refractivity contribution in [3.05, 3.63) is 24.4 Å². The molecule has 2 aromatic heterocycles. The Morgan fingerprint density at radius 2 is 2.20 bits per heavy atom. The molecular weight excluding hydrogens is 210 g/mol. The van der Waals surface area contributed by atoms with Gasteiger partial charge >= 0.3 is 0 Å². The summed E-state index contributed by atoms with van der Waals surface area (Å²) in [5.74, 6) is 0.168. The summed E-state index contributed by atoms with van der Waals surface area (Å²) in [4.78, 5) is 8.34. The number of aromatic hydroxyl groups is 1. The maximum absolute atomic E-state index is 9.75. The quantitative estimate of drug-likeness (QED) is 0.605. The summed E-state index contributed by atoms with van der Waals surface area (Å²) >= 11 is 1.36. The number of pyridine rings is 1. The van der Waals surface area contributed by atoms with Gasteiger partial charge in [0.2, 0.25) is 0 Å². The van der Waals surface area contributed by atoms with Crippen molar-refractivity contribution in [3.8, 4) is 5.75 Å². The first-order valence-corrected chi connectivity index (χ1v) is 5.20. The monoisotopic (exact) mass is 217 g/mol. The van der Waals surface area contributed by atoms with E-state index in [1.165, 1.54) is 11.3 Å². The molecule has 0 saturated carbocycles. The van der Waals surface area contributed by atoms with E-state index in [9.17, 15) is 5.11 Å². The number of fused-ring (bicyclic) bond motifs is 3. The Morgan fingerprint density at radius 3 is 3.07 bits per heavy atom. The molecule has 0 amide bonds. The summed E-state index contributed by atoms with van der Waals surface area (Å²) in [5, 5.41) is 11.1. The zero-order valence-electron chi connectivity index (χ0n) is 7.64. The van der Waals surface area contributed by atoms with Crippen LogP contribution in [0.2, 0.25) is 0 Å². The van der Waals surface area contributed by atoms with Gasteiger partial charge in [-0.1, -0.05) is 11.3 Å². The minimum atomic E-state index is 0.168. The summed E-state index contributed by atoms with van der Waals surface area (Å²) < 4.78 is 0.880. The molecule has 0 aliphatic rings. The number of benzene rings is 1. The molecule has 4 nitrogen and oxygen atoms in total. The Morgan fingerprint density at radius 1 is 1.33 bits per heavy atom. The molecule has 5 heteroatoms. The first kappa shape index (κ1) is 8.43. The lowest BCUT2D eigenvalue weighted by Crippen LogP contribution is -1.82. The largest absolute Gasteiger partial charge is 0.506 e. The molecule has 0 aliphatic heterocycles. The fourth-order valence-electron chi connectivity index (χ4n) is 1.63. The molecule has 0 aliphatic carbocycles. The number of anilines is 1. The molecule has 1 aromatic carbocycles. The maximum Gasteiger partial charge on any atom is 0.181 e. The van der Waals surface area contributed by atoms with Gasteiger partial charge in [-0.15, -0.1) is 0 Å². The summed E-state index contributed by atoms with van der Waals surface area (Å²) in [6, 6.07) is 5.35. The third-order valence-corrected chi connectivity index (χ3v) is 3.07. The summed E-state index contributed by atoms with van der Waals surface area (Å²) in [7, 11) is 0. The van der Waals surface area contributed by atoms with Crippen LogP contribution in [0.3, 0.4) is 0 Å². The number of phenols is 1. The predicted molar refractivity (Wildman–Crippen MR) is 61.0 cm³/mol. The zero-order chi connectivity index (χ0) is 10.4. The van der Waals surface area contributed by atoms with E-state index in [1.54, 1.807) is 12.3 Å². The second kappa shape index (κ2) is 2.80. The van der Waals surface area contributed by atoms with E-state index in [2.05, 4.69) is 9.97 Å². The number of aromatic nitrogens is 2. The highest BCUT2D eigenvalue weighted by molar-refractivity contribution is 7.22. The Bertz CT molecular complexity index is 662. The average molecular weight is 217 g/mol. The Balaban J connectivity index is 2.62. The van der Waals surface area contributed by atoms with E-state index in [1.807, 2.05) is 12.1 Å². The van der Waals surface area contributed by atoms with Gasteiger partial charge in [-0.05, 0) is 12.1 Å². The normalized spacial score (nSPS) is 11.2. The molecule has 3 rings (SSSR count). The average Bonchev–Trinajstić information content (AvgIpc) is 2.59. The molecule has 3 aromatic rings. The van der Waals surface area contributed by atoms with E-state index < -0.39 is 0 Å². The number of nitrogen functional groups attached to an aromatic ring is 1. The molecule has 0 radical (unpaired) electrons. The van der Waals surface area contributed by atoms with Crippen LogP contribution in [0.4, 0.5) is 5.13 Å². The molecule has 3 N–H and O–H groups in total. The fraction of sp³-hybridized carbons (Fsp3) is 0. The Kier molecular flexibility index (Phi) is 1.58. The molecule has 0 unspecified atom stereocenters. The smallest absolute Gasteiger partial charge is 0.181 e. The molecule has 15 heavy (non-hydrogen) atoms. The van der Waals surface area contributed by atoms with Gasteiger partial charge in [-0.3, -0.25) is 4.98 Å². The molecule has 0 bridgehead atoms. The van der Waals surface area contributed by atoms with Crippen LogP contribution < -0.4 is 5.73 Å². The molecule has 0 atom stereocenters. The lowest BCUT2D eigenvalue weighted by atomic mass is 10.2. The van der Waals surface area contributed by atoms with Gasteiger partial charge in [0.1, 0.15) is 11.3 Å². The lowest BCUT2D eigenvalue weighted by Gasteiger charge is -1.99. The highest BCUT2D eigenvalue weighted by Crippen LogP contribution is 2.34. The van der Waals surface area contributed by atoms with Crippen LogP contribution in [-0.4, -0.2) is 15.1 Å². The van der Waals surface area contributed by atoms with Crippen molar-refractivity contribution in [1.29, 1.82) is 0 Å². The third-order valence-electron chi connectivity index (χ3n) is 2.24. The first-order valence-electron chi connectivity index (χ1n) is 4.38. The van der Waals surface area contributed by atoms with Crippen molar-refractivity contribution in [2.45, 2.75) is 0 Å². The molecule has 74 valence electrons. The topological polar surface area (TPSA) is 72.0 Å². The van der Waals surface area contributed by atoms with Gasteiger partial charge < -0.3 is 10.8 Å². The zero-order valence-corrected chi connectivity index (χ0v) is 8.45. The van der Waals surface area contributed by atoms with Crippen molar-refractivity contribution >= 4 is 37.6 Å². The van der Waals surface area contributed by atoms with Crippen LogP contribution in [0, 0.1) is 0 Å². The number of phenolic OH excluding ortho intramolecular Hbond substituents is 1. The van der Waals surface area contributed by atoms with Crippen molar-refractivity contribution < 1.29 is 5.11 Å². The number of nitrogens with two attached hydrogens (primary N) is 1. The lowest BCUT2D eigenvalue weighted by molar-refractivity contribution is 0.481. The molecule has 0 spiro atoms. The summed E-state index contributed by atoms with van der Waals surface area (Å²) in [5.41, 5.74) is 7.01. The SMILES string of the molecule is Nc1nc2c(cc(O)c3ncccc32)s1. The Labute approximate surface area is 89.0 Å². The molecule has 0 fully saturated rings. The second-order valence-electron chi connectivity index (χ2n) is 3.19. The number of hydrogen-bond acceptors (Lipinski definition) is 5. The number of nitrogens with zero attached hydrogens (tertiary/aromatic N) is 2. The van der Waals surface area contributed by atoms with Gasteiger partial charge in [0.25, 0.3) is 0 Å². The van der Waals surface area contributed by atoms with E-state index in [0.717, 1.165) is 15.6 Å². The third kappa shape index (κ3) is 1.13. The maximum atomic E-state index is 9.75. The van der Waals surface area contributed by atoms with Crippen LogP contribution in [0.25, 0.3) is 21.1 Å². The highest BCUT2D eigenvalue weighted by Gasteiger charge is 2.09. The fourth-order valence-corrected chi connectivity index (χ4v) is 2.42. The van der Waals surface area contributed by atoms with E-state index in [-0.39, 0.29) is 5.75 Å². The van der Waals surface area contributed by atoms with Gasteiger partial charge in [0, 0.05) is 17.6 Å². The minimum absolute atomic E-state index is 0.168. The van der Waals surface area contributed by atoms with E-state index in [4.69, 9.17) is 5.73 Å². The Hall–Kier alpha value is -1.88. The standard InChI is InChI=1S/C10H7N3OS/c11-10-13-9-5-2-1-3-12-8(5)6(14)4-7(9)15-10/h1-4,14H,(H2,11,13). The highest BCUT2D eigenvalue weighted by atomic mass is 32.1. The predicted octanol–water partition coefficient (Wildman–Crippen LogP) is 2.13. The minimum Gasteiger partial charge on any atom is -0.506 e. The molecule has 0 saturated heterocycles. The summed E-state index contributed by atoms with van der Waals surface area (Å²) in [6.45, 7) is 0. The number of thiazole rings is 1. The number of rotatable bonds is 0. The van der Waals surface area contributed by atoms with Crippen LogP contribution in [0.5, 0.6) is 5.75 Å². The van der Waals surface area contributed by atoms with Gasteiger partial charge in [0.15, 0.2) is 5.13 Å². The van der Waals surface area contributed by atoms with Crippen molar-refractivity contribution in [3.63, 3.8) is 0 Å². The number of hydrogen-bond donors (Lipinski definition) is 2. The van der Waals surface area contributed by atoms with Gasteiger partial charge in [0.05, 0.1) is 10.2 Å². The van der Waals surface area contributed by atoms with E-state index in [0.29, 0.717) is 10.6 Å². The second-order valence-corrected chi connectivity index (χ2v) is 4.26. The molecular formula is C10H7N3OS. The van der Waals surface area contributed by atoms with Gasteiger partial charge in [-0.2, -0.15) is 0 Å². The van der Waals surface area contributed by atoms with Crippen molar-refractivity contribution in [2.24, 2.45) is 0 Å². The van der Waals surface area contributed by atoms with E-state index >= 15 is 0 Å². The van der Waals surface area contributed by atoms with Crippen LogP contribution in [0.15, 0.2) is 24.4 Å². The van der Waals surface area contributed by atoms with Crippen molar-refractivity contribution in [2.75, 3.05) is 5.73 Å². The van der Waals surface area contributed by atoms with Gasteiger partial charge in [-0.25, -0.2) is 4.98 Å². The van der Waals surface area contributed by atoms with Crippen molar-refractivity contribution in [1.82, 2.24) is 9.97 Å². The molecule has 2 heterocycles. The van der Waals surface area contributed by atoms with Crippen LogP contribution in [-0.2, 0) is 0 Å². The first-order chi connectivity index (χ1) is 7.25.